The van der Waals surface area contributed by atoms with Gasteiger partial charge in [0.15, 0.2) is 0 Å². The molecule has 3 rings (SSSR count). The molecule has 1 aromatic rings. The van der Waals surface area contributed by atoms with Gasteiger partial charge in [0.05, 0.1) is 24.5 Å². The van der Waals surface area contributed by atoms with Crippen LogP contribution in [0.3, 0.4) is 0 Å². The van der Waals surface area contributed by atoms with Gasteiger partial charge < -0.3 is 29.9 Å². The van der Waals surface area contributed by atoms with E-state index in [1.165, 1.54) is 6.08 Å². The molecular weight excluding hydrogens is 609 g/mol. The smallest absolute Gasteiger partial charge is 0.416 e. The van der Waals surface area contributed by atoms with Gasteiger partial charge in [-0.1, -0.05) is 6.08 Å². The third kappa shape index (κ3) is 11.4. The predicted molar refractivity (Wildman–Crippen MR) is 161 cm³/mol. The van der Waals surface area contributed by atoms with Crippen molar-refractivity contribution >= 4 is 29.8 Å². The van der Waals surface area contributed by atoms with Crippen LogP contribution in [0.2, 0.25) is 0 Å². The Morgan fingerprint density at radius 2 is 1.61 bits per heavy atom. The number of nitrogens with one attached hydrogen (secondary N) is 2. The lowest BCUT2D eigenvalue weighted by atomic mass is 9.95. The highest BCUT2D eigenvalue weighted by molar-refractivity contribution is 5.95. The fourth-order valence-corrected chi connectivity index (χ4v) is 5.18. The van der Waals surface area contributed by atoms with E-state index in [4.69, 9.17) is 9.47 Å². The number of alkyl halides is 3. The number of nitrogens with zero attached hydrogens (tertiary/aromatic N) is 2. The van der Waals surface area contributed by atoms with E-state index in [1.54, 1.807) is 16.7 Å². The molecule has 4 amide bonds. The number of ether oxygens (including phenoxy) is 2. The van der Waals surface area contributed by atoms with Crippen LogP contribution in [0, 0.1) is 11.8 Å². The molecule has 1 aromatic carbocycles. The molecule has 2 aliphatic rings. The first-order chi connectivity index (χ1) is 21.6. The molecule has 14 heteroatoms. The SMILES string of the molecule is CCOC(=O)C[C@H](NC(=O)c1ccc(C(F)(F)F)cc1)NC(=O)[C@@H]1CCCN(C(=O)/C=C/C2CCN(C(=O)OC(C)(C)C)CC2)C1. The number of halogens is 3. The first-order valence-electron chi connectivity index (χ1n) is 15.4. The Bertz CT molecular complexity index is 1270. The maximum atomic E-state index is 13.2. The van der Waals surface area contributed by atoms with Crippen LogP contribution in [0.4, 0.5) is 18.0 Å². The summed E-state index contributed by atoms with van der Waals surface area (Å²) in [6.45, 7) is 8.74. The van der Waals surface area contributed by atoms with Crippen LogP contribution in [0.5, 0.6) is 0 Å². The van der Waals surface area contributed by atoms with E-state index in [0.29, 0.717) is 45.3 Å². The summed E-state index contributed by atoms with van der Waals surface area (Å²) in [5, 5.41) is 5.12. The number of amides is 4. The van der Waals surface area contributed by atoms with Gasteiger partial charge in [0.2, 0.25) is 11.8 Å². The highest BCUT2D eigenvalue weighted by Crippen LogP contribution is 2.29. The largest absolute Gasteiger partial charge is 0.466 e. The Morgan fingerprint density at radius 1 is 0.957 bits per heavy atom. The standard InChI is InChI=1S/C32H43F3N4O7/c1-5-45-27(41)19-25(36-28(42)22-9-11-24(12-10-22)32(33,34)35)37-29(43)23-7-6-16-39(20-23)26(40)13-8-21-14-17-38(18-15-21)30(44)46-31(2,3)4/h8-13,21,23,25H,5-7,14-20H2,1-4H3,(H,36,42)(H,37,43)/b13-8+/t23-,25-/m1/s1. The number of piperidine rings is 2. The number of likely N-dealkylation sites (tertiary alicyclic amines) is 2. The summed E-state index contributed by atoms with van der Waals surface area (Å²) in [6, 6.07) is 3.54. The molecule has 2 heterocycles. The van der Waals surface area contributed by atoms with Crippen LogP contribution < -0.4 is 10.6 Å². The molecule has 0 spiro atoms. The summed E-state index contributed by atoms with van der Waals surface area (Å²) >= 11 is 0. The number of hydrogen-bond donors (Lipinski definition) is 2. The average molecular weight is 653 g/mol. The number of benzene rings is 1. The molecule has 2 aliphatic heterocycles. The quantitative estimate of drug-likeness (QED) is 0.231. The number of carbonyl (C=O) groups excluding carboxylic acids is 5. The van der Waals surface area contributed by atoms with Crippen LogP contribution >= 0.6 is 0 Å². The summed E-state index contributed by atoms with van der Waals surface area (Å²) in [6.07, 6.45) is -0.771. The number of esters is 1. The summed E-state index contributed by atoms with van der Waals surface area (Å²) in [4.78, 5) is 66.7. The number of rotatable bonds is 9. The molecule has 2 N–H and O–H groups in total. The van der Waals surface area contributed by atoms with Crippen molar-refractivity contribution in [2.45, 2.75) is 77.7 Å². The second-order valence-corrected chi connectivity index (χ2v) is 12.4. The van der Waals surface area contributed by atoms with Gasteiger partial charge >= 0.3 is 18.2 Å². The van der Waals surface area contributed by atoms with Gasteiger partial charge in [-0.25, -0.2) is 4.79 Å². The van der Waals surface area contributed by atoms with Gasteiger partial charge in [-0.05, 0) is 89.6 Å². The highest BCUT2D eigenvalue weighted by atomic mass is 19.4. The van der Waals surface area contributed by atoms with Crippen molar-refractivity contribution in [2.75, 3.05) is 32.8 Å². The Labute approximate surface area is 266 Å². The van der Waals surface area contributed by atoms with Crippen molar-refractivity contribution in [3.63, 3.8) is 0 Å². The molecule has 0 radical (unpaired) electrons. The van der Waals surface area contributed by atoms with Gasteiger partial charge in [-0.2, -0.15) is 13.2 Å². The van der Waals surface area contributed by atoms with Gasteiger partial charge in [-0.15, -0.1) is 0 Å². The number of carbonyl (C=O) groups is 5. The van der Waals surface area contributed by atoms with E-state index in [9.17, 15) is 37.1 Å². The third-order valence-corrected chi connectivity index (χ3v) is 7.58. The van der Waals surface area contributed by atoms with E-state index < -0.39 is 53.6 Å². The lowest BCUT2D eigenvalue weighted by Gasteiger charge is -2.33. The fourth-order valence-electron chi connectivity index (χ4n) is 5.18. The molecule has 46 heavy (non-hydrogen) atoms. The lowest BCUT2D eigenvalue weighted by Crippen LogP contribution is -2.53. The van der Waals surface area contributed by atoms with Crippen LogP contribution in [-0.4, -0.2) is 84.1 Å². The minimum Gasteiger partial charge on any atom is -0.466 e. The van der Waals surface area contributed by atoms with Crippen molar-refractivity contribution in [3.8, 4) is 0 Å². The van der Waals surface area contributed by atoms with Gasteiger partial charge in [-0.3, -0.25) is 19.2 Å². The van der Waals surface area contributed by atoms with E-state index in [2.05, 4.69) is 10.6 Å². The van der Waals surface area contributed by atoms with Crippen molar-refractivity contribution in [2.24, 2.45) is 11.8 Å². The van der Waals surface area contributed by atoms with Crippen molar-refractivity contribution in [1.82, 2.24) is 20.4 Å². The summed E-state index contributed by atoms with van der Waals surface area (Å²) < 4.78 is 49.1. The summed E-state index contributed by atoms with van der Waals surface area (Å²) in [7, 11) is 0. The average Bonchev–Trinajstić information content (AvgIpc) is 2.99. The lowest BCUT2D eigenvalue weighted by molar-refractivity contribution is -0.144. The van der Waals surface area contributed by atoms with Gasteiger partial charge in [0.25, 0.3) is 5.91 Å². The Morgan fingerprint density at radius 3 is 2.20 bits per heavy atom. The Balaban J connectivity index is 1.56. The molecule has 2 saturated heterocycles. The van der Waals surface area contributed by atoms with E-state index in [0.717, 1.165) is 24.3 Å². The minimum absolute atomic E-state index is 0.0718. The molecule has 2 atom stereocenters. The molecule has 0 aliphatic carbocycles. The zero-order valence-electron chi connectivity index (χ0n) is 26.7. The van der Waals surface area contributed by atoms with Crippen LogP contribution in [-0.2, 0) is 30.0 Å². The van der Waals surface area contributed by atoms with Crippen LogP contribution in [0.15, 0.2) is 36.4 Å². The monoisotopic (exact) mass is 652 g/mol. The number of allylic oxidation sites excluding steroid dienone is 1. The van der Waals surface area contributed by atoms with Gasteiger partial charge in [0, 0.05) is 31.7 Å². The normalized spacial score (nSPS) is 18.5. The summed E-state index contributed by atoms with van der Waals surface area (Å²) in [5.74, 6) is -2.71. The van der Waals surface area contributed by atoms with E-state index in [-0.39, 0.29) is 36.6 Å². The molecule has 0 aromatic heterocycles. The second kappa shape index (κ2) is 15.9. The van der Waals surface area contributed by atoms with Crippen LogP contribution in [0.1, 0.15) is 75.7 Å². The molecule has 254 valence electrons. The maximum absolute atomic E-state index is 13.2. The van der Waals surface area contributed by atoms with E-state index in [1.807, 2.05) is 26.8 Å². The van der Waals surface area contributed by atoms with Crippen molar-refractivity contribution in [3.05, 3.63) is 47.5 Å². The van der Waals surface area contributed by atoms with Gasteiger partial charge in [0.1, 0.15) is 11.8 Å². The molecule has 2 fully saturated rings. The van der Waals surface area contributed by atoms with Crippen molar-refractivity contribution < 1.29 is 46.6 Å². The maximum Gasteiger partial charge on any atom is 0.416 e. The van der Waals surface area contributed by atoms with E-state index >= 15 is 0 Å². The second-order valence-electron chi connectivity index (χ2n) is 12.4. The molecule has 0 unspecified atom stereocenters. The molecule has 11 nitrogen and oxygen atoms in total. The minimum atomic E-state index is -4.57. The zero-order chi connectivity index (χ0) is 34.1. The first-order valence-corrected chi connectivity index (χ1v) is 15.4. The summed E-state index contributed by atoms with van der Waals surface area (Å²) in [5.41, 5.74) is -1.59. The fraction of sp³-hybridized carbons (Fsp3) is 0.594. The molecule has 0 bridgehead atoms. The topological polar surface area (TPSA) is 134 Å². The Hall–Kier alpha value is -4.10. The van der Waals surface area contributed by atoms with Crippen LogP contribution in [0.25, 0.3) is 0 Å². The number of hydrogen-bond acceptors (Lipinski definition) is 7. The predicted octanol–water partition coefficient (Wildman–Crippen LogP) is 4.27. The zero-order valence-corrected chi connectivity index (χ0v) is 26.7. The molecule has 0 saturated carbocycles. The first kappa shape index (κ1) is 36.4. The van der Waals surface area contributed by atoms with Crippen molar-refractivity contribution in [1.29, 1.82) is 0 Å². The Kier molecular flexibility index (Phi) is 12.6. The molecular formula is C32H43F3N4O7. The third-order valence-electron chi connectivity index (χ3n) is 7.58. The highest BCUT2D eigenvalue weighted by Gasteiger charge is 2.32.